The van der Waals surface area contributed by atoms with Crippen molar-refractivity contribution in [3.05, 3.63) is 53.1 Å². The van der Waals surface area contributed by atoms with Gasteiger partial charge in [-0.1, -0.05) is 23.7 Å². The summed E-state index contributed by atoms with van der Waals surface area (Å²) in [5.74, 6) is 0.424. The number of nitrogens with one attached hydrogen (secondary N) is 1. The molecule has 0 aliphatic heterocycles. The molecule has 0 aliphatic carbocycles. The van der Waals surface area contributed by atoms with Crippen LogP contribution in [0.1, 0.15) is 5.56 Å². The average molecular weight is 385 g/mol. The third kappa shape index (κ3) is 6.16. The minimum atomic E-state index is -2.85. The van der Waals surface area contributed by atoms with E-state index >= 15 is 0 Å². The molecule has 8 heteroatoms. The second-order valence-electron chi connectivity index (χ2n) is 5.59. The fraction of sp³-hybridized carbons (Fsp3) is 0.278. The standard InChI is InChI=1S/C18H19ClF2N2O3/c1-23(10-12-3-6-14(7-4-12)26-18(20)21)11-17(24)22-13-5-8-16(25-2)15(19)9-13/h3-9,18H,10-11H2,1-2H3,(H,22,24). The number of nitrogens with zero attached hydrogens (tertiary/aromatic N) is 1. The Hall–Kier alpha value is -2.38. The van der Waals surface area contributed by atoms with E-state index < -0.39 is 6.61 Å². The minimum Gasteiger partial charge on any atom is -0.495 e. The van der Waals surface area contributed by atoms with Crippen LogP contribution in [0.2, 0.25) is 5.02 Å². The third-order valence-corrected chi connectivity index (χ3v) is 3.75. The van der Waals surface area contributed by atoms with E-state index in [1.165, 1.54) is 19.2 Å². The van der Waals surface area contributed by atoms with Crippen LogP contribution in [0.5, 0.6) is 11.5 Å². The summed E-state index contributed by atoms with van der Waals surface area (Å²) in [6.45, 7) is -2.22. The number of methoxy groups -OCH3 is 1. The van der Waals surface area contributed by atoms with E-state index in [1.54, 1.807) is 42.3 Å². The van der Waals surface area contributed by atoms with Gasteiger partial charge in [0.05, 0.1) is 18.7 Å². The molecule has 0 unspecified atom stereocenters. The van der Waals surface area contributed by atoms with Gasteiger partial charge in [0.25, 0.3) is 0 Å². The fourth-order valence-electron chi connectivity index (χ4n) is 2.33. The van der Waals surface area contributed by atoms with Crippen LogP contribution in [0.4, 0.5) is 14.5 Å². The van der Waals surface area contributed by atoms with Crippen LogP contribution in [0.25, 0.3) is 0 Å². The van der Waals surface area contributed by atoms with Gasteiger partial charge < -0.3 is 14.8 Å². The second kappa shape index (κ2) is 9.35. The number of anilines is 1. The lowest BCUT2D eigenvalue weighted by Gasteiger charge is -2.17. The summed E-state index contributed by atoms with van der Waals surface area (Å²) >= 11 is 6.03. The van der Waals surface area contributed by atoms with E-state index in [0.717, 1.165) is 5.56 Å². The zero-order chi connectivity index (χ0) is 19.1. The summed E-state index contributed by atoms with van der Waals surface area (Å²) in [5.41, 5.74) is 1.44. The van der Waals surface area contributed by atoms with Gasteiger partial charge in [-0.25, -0.2) is 0 Å². The van der Waals surface area contributed by atoms with Crippen molar-refractivity contribution in [3.63, 3.8) is 0 Å². The molecule has 0 heterocycles. The molecule has 0 saturated heterocycles. The number of alkyl halides is 2. The smallest absolute Gasteiger partial charge is 0.387 e. The first kappa shape index (κ1) is 19.9. The van der Waals surface area contributed by atoms with Gasteiger partial charge >= 0.3 is 6.61 Å². The van der Waals surface area contributed by atoms with E-state index in [4.69, 9.17) is 16.3 Å². The molecule has 1 amide bonds. The zero-order valence-electron chi connectivity index (χ0n) is 14.3. The lowest BCUT2D eigenvalue weighted by atomic mass is 10.2. The molecule has 2 aromatic rings. The molecule has 26 heavy (non-hydrogen) atoms. The molecule has 0 saturated carbocycles. The van der Waals surface area contributed by atoms with Crippen molar-refractivity contribution in [3.8, 4) is 11.5 Å². The molecule has 0 fully saturated rings. The Morgan fingerprint density at radius 3 is 2.50 bits per heavy atom. The highest BCUT2D eigenvalue weighted by Gasteiger charge is 2.10. The van der Waals surface area contributed by atoms with E-state index in [0.29, 0.717) is 23.0 Å². The van der Waals surface area contributed by atoms with Crippen molar-refractivity contribution in [1.82, 2.24) is 4.90 Å². The molecule has 5 nitrogen and oxygen atoms in total. The molecule has 1 N–H and O–H groups in total. The Kier molecular flexibility index (Phi) is 7.17. The van der Waals surface area contributed by atoms with Crippen molar-refractivity contribution in [2.45, 2.75) is 13.2 Å². The lowest BCUT2D eigenvalue weighted by Crippen LogP contribution is -2.29. The van der Waals surface area contributed by atoms with Crippen LogP contribution in [0.3, 0.4) is 0 Å². The van der Waals surface area contributed by atoms with Crippen LogP contribution < -0.4 is 14.8 Å². The number of carbonyl (C=O) groups is 1. The maximum absolute atomic E-state index is 12.1. The molecular weight excluding hydrogens is 366 g/mol. The number of benzene rings is 2. The topological polar surface area (TPSA) is 50.8 Å². The number of likely N-dealkylation sites (N-methyl/N-ethyl adjacent to an activating group) is 1. The molecule has 0 aliphatic rings. The first-order valence-corrected chi connectivity index (χ1v) is 8.11. The molecule has 140 valence electrons. The normalized spacial score (nSPS) is 10.9. The van der Waals surface area contributed by atoms with E-state index in [1.807, 2.05) is 0 Å². The van der Waals surface area contributed by atoms with Gasteiger partial charge in [0.1, 0.15) is 11.5 Å². The summed E-state index contributed by atoms with van der Waals surface area (Å²) in [6, 6.07) is 11.3. The molecule has 2 aromatic carbocycles. The highest BCUT2D eigenvalue weighted by Crippen LogP contribution is 2.27. The predicted molar refractivity (Wildman–Crippen MR) is 96.0 cm³/mol. The van der Waals surface area contributed by atoms with Crippen LogP contribution in [0.15, 0.2) is 42.5 Å². The molecule has 0 spiro atoms. The number of amides is 1. The first-order chi connectivity index (χ1) is 12.4. The number of ether oxygens (including phenoxy) is 2. The molecular formula is C18H19ClF2N2O3. The Morgan fingerprint density at radius 1 is 1.23 bits per heavy atom. The Bertz CT molecular complexity index is 742. The monoisotopic (exact) mass is 384 g/mol. The number of hydrogen-bond acceptors (Lipinski definition) is 4. The maximum atomic E-state index is 12.1. The van der Waals surface area contributed by atoms with E-state index in [2.05, 4.69) is 10.1 Å². The van der Waals surface area contributed by atoms with Gasteiger partial charge in [-0.05, 0) is 42.9 Å². The van der Waals surface area contributed by atoms with Crippen LogP contribution >= 0.6 is 11.6 Å². The predicted octanol–water partition coefficient (Wildman–Crippen LogP) is 4.02. The van der Waals surface area contributed by atoms with Crippen molar-refractivity contribution >= 4 is 23.2 Å². The van der Waals surface area contributed by atoms with Crippen LogP contribution in [-0.4, -0.2) is 38.1 Å². The van der Waals surface area contributed by atoms with E-state index in [-0.39, 0.29) is 18.2 Å². The Morgan fingerprint density at radius 2 is 1.92 bits per heavy atom. The van der Waals surface area contributed by atoms with Gasteiger partial charge in [-0.3, -0.25) is 9.69 Å². The SMILES string of the molecule is COc1ccc(NC(=O)CN(C)Cc2ccc(OC(F)F)cc2)cc1Cl. The molecule has 2 rings (SSSR count). The van der Waals surface area contributed by atoms with Crippen molar-refractivity contribution in [1.29, 1.82) is 0 Å². The fourth-order valence-corrected chi connectivity index (χ4v) is 2.59. The summed E-state index contributed by atoms with van der Waals surface area (Å²) in [5, 5.41) is 3.16. The van der Waals surface area contributed by atoms with Crippen LogP contribution in [-0.2, 0) is 11.3 Å². The van der Waals surface area contributed by atoms with Gasteiger partial charge in [-0.15, -0.1) is 0 Å². The van der Waals surface area contributed by atoms with Gasteiger partial charge in [0.15, 0.2) is 0 Å². The number of carbonyl (C=O) groups excluding carboxylic acids is 1. The lowest BCUT2D eigenvalue weighted by molar-refractivity contribution is -0.117. The average Bonchev–Trinajstić information content (AvgIpc) is 2.56. The maximum Gasteiger partial charge on any atom is 0.387 e. The zero-order valence-corrected chi connectivity index (χ0v) is 15.1. The van der Waals surface area contributed by atoms with Crippen molar-refractivity contribution in [2.75, 3.05) is 26.0 Å². The van der Waals surface area contributed by atoms with Gasteiger partial charge in [0, 0.05) is 12.2 Å². The Labute approximate surface area is 155 Å². The largest absolute Gasteiger partial charge is 0.495 e. The minimum absolute atomic E-state index is 0.0977. The summed E-state index contributed by atoms with van der Waals surface area (Å²) in [6.07, 6.45) is 0. The Balaban J connectivity index is 1.85. The quantitative estimate of drug-likeness (QED) is 0.746. The van der Waals surface area contributed by atoms with Crippen LogP contribution in [0, 0.1) is 0 Å². The number of halogens is 3. The number of rotatable bonds is 8. The van der Waals surface area contributed by atoms with Crippen molar-refractivity contribution < 1.29 is 23.0 Å². The second-order valence-corrected chi connectivity index (χ2v) is 6.00. The van der Waals surface area contributed by atoms with E-state index in [9.17, 15) is 13.6 Å². The number of hydrogen-bond donors (Lipinski definition) is 1. The summed E-state index contributed by atoms with van der Waals surface area (Å²) < 4.78 is 33.6. The van der Waals surface area contributed by atoms with Gasteiger partial charge in [-0.2, -0.15) is 8.78 Å². The van der Waals surface area contributed by atoms with Crippen molar-refractivity contribution in [2.24, 2.45) is 0 Å². The summed E-state index contributed by atoms with van der Waals surface area (Å²) in [4.78, 5) is 13.9. The first-order valence-electron chi connectivity index (χ1n) is 7.73. The molecule has 0 radical (unpaired) electrons. The highest BCUT2D eigenvalue weighted by molar-refractivity contribution is 6.32. The molecule has 0 atom stereocenters. The van der Waals surface area contributed by atoms with Gasteiger partial charge in [0.2, 0.25) is 5.91 Å². The molecule has 0 bridgehead atoms. The highest BCUT2D eigenvalue weighted by atomic mass is 35.5. The summed E-state index contributed by atoms with van der Waals surface area (Å²) in [7, 11) is 3.30. The molecule has 0 aromatic heterocycles. The third-order valence-electron chi connectivity index (χ3n) is 3.45.